The molecule has 1 saturated heterocycles. The number of hydrogen-bond donors (Lipinski definition) is 1. The lowest BCUT2D eigenvalue weighted by atomic mass is 10.1. The van der Waals surface area contributed by atoms with E-state index in [9.17, 15) is 0 Å². The molecule has 1 saturated carbocycles. The molecule has 0 aromatic rings. The number of rotatable bonds is 2. The van der Waals surface area contributed by atoms with Crippen molar-refractivity contribution >= 4 is 0 Å². The van der Waals surface area contributed by atoms with Gasteiger partial charge >= 0.3 is 0 Å². The van der Waals surface area contributed by atoms with Gasteiger partial charge in [0.1, 0.15) is 0 Å². The molecule has 2 heteroatoms. The molecule has 1 aliphatic carbocycles. The highest BCUT2D eigenvalue weighted by molar-refractivity contribution is 5.09. The van der Waals surface area contributed by atoms with Crippen LogP contribution in [0, 0.1) is 0 Å². The molecule has 1 heterocycles. The highest BCUT2D eigenvalue weighted by Gasteiger charge is 2.51. The van der Waals surface area contributed by atoms with Crippen LogP contribution in [0.4, 0.5) is 0 Å². The Morgan fingerprint density at radius 2 is 2.27 bits per heavy atom. The van der Waals surface area contributed by atoms with E-state index in [0.717, 1.165) is 12.7 Å². The van der Waals surface area contributed by atoms with Gasteiger partial charge in [-0.3, -0.25) is 4.90 Å². The van der Waals surface area contributed by atoms with Crippen molar-refractivity contribution in [3.63, 3.8) is 0 Å². The molecule has 1 aliphatic heterocycles. The molecule has 2 rings (SSSR count). The number of nitrogens with one attached hydrogen (secondary N) is 1. The first-order valence-electron chi connectivity index (χ1n) is 4.76. The van der Waals surface area contributed by atoms with Gasteiger partial charge in [-0.25, -0.2) is 0 Å². The standard InChI is InChI=1S/C9H18N2/c1-3-8(2)11-7-10-6-9(11)4-5-9/h8,10H,3-7H2,1-2H3. The topological polar surface area (TPSA) is 15.3 Å². The fourth-order valence-electron chi connectivity index (χ4n) is 2.13. The van der Waals surface area contributed by atoms with Gasteiger partial charge in [0.2, 0.25) is 0 Å². The lowest BCUT2D eigenvalue weighted by Gasteiger charge is -2.28. The number of hydrogen-bond acceptors (Lipinski definition) is 2. The van der Waals surface area contributed by atoms with Crippen molar-refractivity contribution in [2.24, 2.45) is 0 Å². The normalized spacial score (nSPS) is 31.1. The van der Waals surface area contributed by atoms with Crippen LogP contribution in [-0.4, -0.2) is 29.7 Å². The molecule has 1 N–H and O–H groups in total. The first-order chi connectivity index (χ1) is 5.28. The van der Waals surface area contributed by atoms with Crippen LogP contribution in [0.15, 0.2) is 0 Å². The lowest BCUT2D eigenvalue weighted by molar-refractivity contribution is 0.174. The summed E-state index contributed by atoms with van der Waals surface area (Å²) in [6, 6.07) is 0.771. The van der Waals surface area contributed by atoms with Crippen molar-refractivity contribution < 1.29 is 0 Å². The zero-order valence-electron chi connectivity index (χ0n) is 7.56. The van der Waals surface area contributed by atoms with Crippen LogP contribution in [0.5, 0.6) is 0 Å². The highest BCUT2D eigenvalue weighted by atomic mass is 15.4. The average Bonchev–Trinajstić information content (AvgIpc) is 2.63. The Balaban J connectivity index is 2.02. The average molecular weight is 154 g/mol. The van der Waals surface area contributed by atoms with Gasteiger partial charge in [-0.1, -0.05) is 6.92 Å². The van der Waals surface area contributed by atoms with Crippen LogP contribution in [0.2, 0.25) is 0 Å². The molecular weight excluding hydrogens is 136 g/mol. The minimum Gasteiger partial charge on any atom is -0.302 e. The minimum atomic E-state index is 0.607. The minimum absolute atomic E-state index is 0.607. The van der Waals surface area contributed by atoms with E-state index in [4.69, 9.17) is 0 Å². The molecule has 64 valence electrons. The molecule has 2 fully saturated rings. The van der Waals surface area contributed by atoms with Gasteiger partial charge in [0.25, 0.3) is 0 Å². The van der Waals surface area contributed by atoms with Gasteiger partial charge in [0, 0.05) is 24.8 Å². The predicted molar refractivity (Wildman–Crippen MR) is 46.4 cm³/mol. The smallest absolute Gasteiger partial charge is 0.0489 e. The molecular formula is C9H18N2. The van der Waals surface area contributed by atoms with E-state index in [-0.39, 0.29) is 0 Å². The molecule has 2 aliphatic rings. The number of nitrogens with zero attached hydrogens (tertiary/aromatic N) is 1. The molecule has 2 nitrogen and oxygen atoms in total. The Morgan fingerprint density at radius 3 is 2.82 bits per heavy atom. The van der Waals surface area contributed by atoms with Gasteiger partial charge in [-0.15, -0.1) is 0 Å². The van der Waals surface area contributed by atoms with E-state index in [1.54, 1.807) is 0 Å². The molecule has 11 heavy (non-hydrogen) atoms. The molecule has 0 aromatic carbocycles. The quantitative estimate of drug-likeness (QED) is 0.642. The molecule has 1 spiro atoms. The summed E-state index contributed by atoms with van der Waals surface area (Å²) < 4.78 is 0. The van der Waals surface area contributed by atoms with Crippen LogP contribution in [0.25, 0.3) is 0 Å². The summed E-state index contributed by atoms with van der Waals surface area (Å²) in [7, 11) is 0. The van der Waals surface area contributed by atoms with E-state index in [1.807, 2.05) is 0 Å². The van der Waals surface area contributed by atoms with E-state index in [0.29, 0.717) is 5.54 Å². The lowest BCUT2D eigenvalue weighted by Crippen LogP contribution is -2.39. The van der Waals surface area contributed by atoms with Crippen LogP contribution < -0.4 is 5.32 Å². The molecule has 0 amide bonds. The van der Waals surface area contributed by atoms with Crippen molar-refractivity contribution in [3.05, 3.63) is 0 Å². The van der Waals surface area contributed by atoms with E-state index in [1.165, 1.54) is 25.8 Å². The van der Waals surface area contributed by atoms with Crippen molar-refractivity contribution in [2.75, 3.05) is 13.2 Å². The summed E-state index contributed by atoms with van der Waals surface area (Å²) >= 11 is 0. The molecule has 1 atom stereocenters. The Labute approximate surface area is 69.0 Å². The summed E-state index contributed by atoms with van der Waals surface area (Å²) in [5.41, 5.74) is 0.607. The second-order valence-corrected chi connectivity index (χ2v) is 4.04. The van der Waals surface area contributed by atoms with Crippen LogP contribution in [0.1, 0.15) is 33.1 Å². The van der Waals surface area contributed by atoms with Gasteiger partial charge in [0.05, 0.1) is 0 Å². The monoisotopic (exact) mass is 154 g/mol. The van der Waals surface area contributed by atoms with Crippen molar-refractivity contribution in [1.82, 2.24) is 10.2 Å². The van der Waals surface area contributed by atoms with Crippen LogP contribution >= 0.6 is 0 Å². The summed E-state index contributed by atoms with van der Waals surface area (Å²) in [6.07, 6.45) is 4.12. The summed E-state index contributed by atoms with van der Waals surface area (Å²) in [5.74, 6) is 0. The van der Waals surface area contributed by atoms with Gasteiger partial charge in [-0.2, -0.15) is 0 Å². The molecule has 0 aromatic heterocycles. The third-order valence-corrected chi connectivity index (χ3v) is 3.30. The summed E-state index contributed by atoms with van der Waals surface area (Å²) in [5, 5.41) is 3.47. The molecule has 1 unspecified atom stereocenters. The van der Waals surface area contributed by atoms with E-state index < -0.39 is 0 Å². The molecule has 0 bridgehead atoms. The zero-order chi connectivity index (χ0) is 7.90. The first kappa shape index (κ1) is 7.56. The third kappa shape index (κ3) is 1.09. The van der Waals surface area contributed by atoms with Crippen LogP contribution in [-0.2, 0) is 0 Å². The first-order valence-corrected chi connectivity index (χ1v) is 4.76. The summed E-state index contributed by atoms with van der Waals surface area (Å²) in [4.78, 5) is 2.65. The Morgan fingerprint density at radius 1 is 1.55 bits per heavy atom. The second-order valence-electron chi connectivity index (χ2n) is 4.04. The van der Waals surface area contributed by atoms with Gasteiger partial charge < -0.3 is 5.32 Å². The third-order valence-electron chi connectivity index (χ3n) is 3.30. The fourth-order valence-corrected chi connectivity index (χ4v) is 2.13. The predicted octanol–water partition coefficient (Wildman–Crippen LogP) is 1.18. The van der Waals surface area contributed by atoms with Crippen molar-refractivity contribution in [3.8, 4) is 0 Å². The maximum atomic E-state index is 3.47. The van der Waals surface area contributed by atoms with Crippen LogP contribution in [0.3, 0.4) is 0 Å². The van der Waals surface area contributed by atoms with Gasteiger partial charge in [-0.05, 0) is 26.2 Å². The highest BCUT2D eigenvalue weighted by Crippen LogP contribution is 2.44. The van der Waals surface area contributed by atoms with E-state index >= 15 is 0 Å². The second kappa shape index (κ2) is 2.46. The SMILES string of the molecule is CCC(C)N1CNCC12CC2. The van der Waals surface area contributed by atoms with Crippen molar-refractivity contribution in [2.45, 2.75) is 44.7 Å². The summed E-state index contributed by atoms with van der Waals surface area (Å²) in [6.45, 7) is 6.97. The fraction of sp³-hybridized carbons (Fsp3) is 1.00. The Bertz CT molecular complexity index is 152. The van der Waals surface area contributed by atoms with Gasteiger partial charge in [0.15, 0.2) is 0 Å². The zero-order valence-corrected chi connectivity index (χ0v) is 7.56. The largest absolute Gasteiger partial charge is 0.302 e. The molecule has 0 radical (unpaired) electrons. The van der Waals surface area contributed by atoms with Crippen molar-refractivity contribution in [1.29, 1.82) is 0 Å². The Kier molecular flexibility index (Phi) is 1.69. The maximum absolute atomic E-state index is 3.47. The maximum Gasteiger partial charge on any atom is 0.0489 e. The van der Waals surface area contributed by atoms with E-state index in [2.05, 4.69) is 24.1 Å². The Hall–Kier alpha value is -0.0800.